The van der Waals surface area contributed by atoms with Crippen molar-refractivity contribution in [2.45, 2.75) is 6.42 Å². The third kappa shape index (κ3) is 2.94. The number of morpholine rings is 1. The van der Waals surface area contributed by atoms with Crippen LogP contribution in [-0.4, -0.2) is 26.3 Å². The molecule has 0 atom stereocenters. The molecule has 118 valence electrons. The van der Waals surface area contributed by atoms with E-state index in [1.54, 1.807) is 0 Å². The van der Waals surface area contributed by atoms with Crippen molar-refractivity contribution in [3.63, 3.8) is 0 Å². The molecule has 4 heteroatoms. The number of ether oxygens (including phenoxy) is 1. The average molecular weight is 328 g/mol. The summed E-state index contributed by atoms with van der Waals surface area (Å²) in [6.45, 7) is 3.25. The Kier molecular flexibility index (Phi) is 3.98. The van der Waals surface area contributed by atoms with E-state index in [0.717, 1.165) is 60.2 Å². The lowest BCUT2D eigenvalue weighted by Crippen LogP contribution is -2.36. The maximum atomic E-state index is 6.21. The molecule has 2 aromatic carbocycles. The second-order valence-corrected chi connectivity index (χ2v) is 6.21. The SMILES string of the molecule is Clc1ccc2oc(Cc3ccccc3)c(N3CCOCC3)c2c1. The van der Waals surface area contributed by atoms with Gasteiger partial charge in [0.2, 0.25) is 0 Å². The summed E-state index contributed by atoms with van der Waals surface area (Å²) in [7, 11) is 0. The summed E-state index contributed by atoms with van der Waals surface area (Å²) in [5, 5.41) is 1.82. The molecule has 1 fully saturated rings. The molecule has 0 N–H and O–H groups in total. The summed E-state index contributed by atoms with van der Waals surface area (Å²) in [6.07, 6.45) is 0.778. The van der Waals surface area contributed by atoms with Gasteiger partial charge in [-0.2, -0.15) is 0 Å². The second kappa shape index (κ2) is 6.26. The van der Waals surface area contributed by atoms with E-state index >= 15 is 0 Å². The van der Waals surface area contributed by atoms with Crippen molar-refractivity contribution in [1.29, 1.82) is 0 Å². The zero-order valence-corrected chi connectivity index (χ0v) is 13.6. The number of halogens is 1. The van der Waals surface area contributed by atoms with Crippen LogP contribution in [0.5, 0.6) is 0 Å². The van der Waals surface area contributed by atoms with E-state index in [2.05, 4.69) is 29.2 Å². The second-order valence-electron chi connectivity index (χ2n) is 5.78. The lowest BCUT2D eigenvalue weighted by atomic mass is 10.1. The molecule has 0 radical (unpaired) electrons. The number of rotatable bonds is 3. The molecule has 0 spiro atoms. The number of benzene rings is 2. The highest BCUT2D eigenvalue weighted by Crippen LogP contribution is 2.37. The van der Waals surface area contributed by atoms with Crippen molar-refractivity contribution in [3.05, 3.63) is 64.9 Å². The van der Waals surface area contributed by atoms with Crippen LogP contribution < -0.4 is 4.90 Å². The van der Waals surface area contributed by atoms with Gasteiger partial charge in [-0.1, -0.05) is 41.9 Å². The van der Waals surface area contributed by atoms with Crippen LogP contribution in [0.3, 0.4) is 0 Å². The van der Waals surface area contributed by atoms with Gasteiger partial charge in [0.15, 0.2) is 0 Å². The fraction of sp³-hybridized carbons (Fsp3) is 0.263. The predicted molar refractivity (Wildman–Crippen MR) is 93.5 cm³/mol. The summed E-state index contributed by atoms with van der Waals surface area (Å²) >= 11 is 6.21. The van der Waals surface area contributed by atoms with Crippen LogP contribution in [0, 0.1) is 0 Å². The Labute approximate surface area is 140 Å². The lowest BCUT2D eigenvalue weighted by molar-refractivity contribution is 0.122. The van der Waals surface area contributed by atoms with Gasteiger partial charge in [0.1, 0.15) is 11.3 Å². The van der Waals surface area contributed by atoms with Crippen molar-refractivity contribution < 1.29 is 9.15 Å². The Morgan fingerprint density at radius 1 is 1.00 bits per heavy atom. The number of anilines is 1. The summed E-state index contributed by atoms with van der Waals surface area (Å²) in [5.74, 6) is 0.996. The van der Waals surface area contributed by atoms with Gasteiger partial charge in [-0.05, 0) is 23.8 Å². The zero-order valence-electron chi connectivity index (χ0n) is 12.8. The van der Waals surface area contributed by atoms with E-state index in [1.165, 1.54) is 5.56 Å². The Hall–Kier alpha value is -1.97. The fourth-order valence-corrected chi connectivity index (χ4v) is 3.31. The molecule has 3 aromatic rings. The first-order valence-electron chi connectivity index (χ1n) is 7.89. The quantitative estimate of drug-likeness (QED) is 0.707. The molecular weight excluding hydrogens is 310 g/mol. The minimum atomic E-state index is 0.735. The standard InChI is InChI=1S/C19H18ClNO2/c20-15-6-7-17-16(13-15)19(21-8-10-22-11-9-21)18(23-17)12-14-4-2-1-3-5-14/h1-7,13H,8-12H2. The van der Waals surface area contributed by atoms with Crippen LogP contribution in [0.1, 0.15) is 11.3 Å². The Morgan fingerprint density at radius 2 is 1.78 bits per heavy atom. The van der Waals surface area contributed by atoms with E-state index in [0.29, 0.717) is 0 Å². The highest BCUT2D eigenvalue weighted by atomic mass is 35.5. The molecule has 1 aliphatic rings. The molecule has 2 heterocycles. The van der Waals surface area contributed by atoms with Crippen LogP contribution >= 0.6 is 11.6 Å². The molecular formula is C19H18ClNO2. The molecule has 0 aliphatic carbocycles. The van der Waals surface area contributed by atoms with Crippen molar-refractivity contribution >= 4 is 28.3 Å². The molecule has 0 amide bonds. The van der Waals surface area contributed by atoms with Gasteiger partial charge in [-0.25, -0.2) is 0 Å². The normalized spacial score (nSPS) is 15.3. The van der Waals surface area contributed by atoms with Crippen LogP contribution in [0.25, 0.3) is 11.0 Å². The largest absolute Gasteiger partial charge is 0.458 e. The zero-order chi connectivity index (χ0) is 15.6. The molecule has 23 heavy (non-hydrogen) atoms. The first-order valence-corrected chi connectivity index (χ1v) is 8.26. The van der Waals surface area contributed by atoms with Crippen molar-refractivity contribution in [2.75, 3.05) is 31.2 Å². The highest BCUT2D eigenvalue weighted by Gasteiger charge is 2.22. The monoisotopic (exact) mass is 327 g/mol. The van der Waals surface area contributed by atoms with E-state index < -0.39 is 0 Å². The van der Waals surface area contributed by atoms with Crippen molar-refractivity contribution in [1.82, 2.24) is 0 Å². The summed E-state index contributed by atoms with van der Waals surface area (Å²) < 4.78 is 11.7. The highest BCUT2D eigenvalue weighted by molar-refractivity contribution is 6.31. The van der Waals surface area contributed by atoms with Gasteiger partial charge in [0.25, 0.3) is 0 Å². The molecule has 3 nitrogen and oxygen atoms in total. The molecule has 0 unspecified atom stereocenters. The first-order chi connectivity index (χ1) is 11.3. The van der Waals surface area contributed by atoms with E-state index in [1.807, 2.05) is 24.3 Å². The predicted octanol–water partition coefficient (Wildman–Crippen LogP) is 4.51. The minimum absolute atomic E-state index is 0.735. The fourth-order valence-electron chi connectivity index (χ4n) is 3.14. The van der Waals surface area contributed by atoms with Crippen LogP contribution in [-0.2, 0) is 11.2 Å². The Balaban J connectivity index is 1.81. The van der Waals surface area contributed by atoms with E-state index in [4.69, 9.17) is 20.8 Å². The van der Waals surface area contributed by atoms with Gasteiger partial charge in [0, 0.05) is 29.9 Å². The molecule has 0 saturated carbocycles. The van der Waals surface area contributed by atoms with Gasteiger partial charge >= 0.3 is 0 Å². The number of furan rings is 1. The number of hydrogen-bond acceptors (Lipinski definition) is 3. The van der Waals surface area contributed by atoms with Gasteiger partial charge in [0.05, 0.1) is 18.9 Å². The van der Waals surface area contributed by atoms with Crippen LogP contribution in [0.15, 0.2) is 52.9 Å². The molecule has 0 bridgehead atoms. The molecule has 1 aliphatic heterocycles. The number of fused-ring (bicyclic) bond motifs is 1. The summed E-state index contributed by atoms with van der Waals surface area (Å²) in [6, 6.07) is 16.2. The third-order valence-corrected chi connectivity index (χ3v) is 4.46. The van der Waals surface area contributed by atoms with Gasteiger partial charge < -0.3 is 14.1 Å². The number of hydrogen-bond donors (Lipinski definition) is 0. The van der Waals surface area contributed by atoms with Gasteiger partial charge in [-0.3, -0.25) is 0 Å². The number of nitrogens with zero attached hydrogens (tertiary/aromatic N) is 1. The smallest absolute Gasteiger partial charge is 0.136 e. The Morgan fingerprint density at radius 3 is 2.57 bits per heavy atom. The van der Waals surface area contributed by atoms with Crippen LogP contribution in [0.4, 0.5) is 5.69 Å². The first kappa shape index (κ1) is 14.6. The topological polar surface area (TPSA) is 25.6 Å². The van der Waals surface area contributed by atoms with Crippen LogP contribution in [0.2, 0.25) is 5.02 Å². The molecule has 1 saturated heterocycles. The molecule has 1 aromatic heterocycles. The minimum Gasteiger partial charge on any atom is -0.458 e. The lowest BCUT2D eigenvalue weighted by Gasteiger charge is -2.29. The van der Waals surface area contributed by atoms with Gasteiger partial charge in [-0.15, -0.1) is 0 Å². The third-order valence-electron chi connectivity index (χ3n) is 4.23. The maximum Gasteiger partial charge on any atom is 0.136 e. The molecule has 4 rings (SSSR count). The Bertz CT molecular complexity index is 807. The van der Waals surface area contributed by atoms with E-state index in [-0.39, 0.29) is 0 Å². The maximum absolute atomic E-state index is 6.21. The summed E-state index contributed by atoms with van der Waals surface area (Å²) in [5.41, 5.74) is 3.30. The average Bonchev–Trinajstić information content (AvgIpc) is 2.93. The van der Waals surface area contributed by atoms with E-state index in [9.17, 15) is 0 Å². The van der Waals surface area contributed by atoms with Crippen molar-refractivity contribution in [2.24, 2.45) is 0 Å². The summed E-state index contributed by atoms with van der Waals surface area (Å²) in [4.78, 5) is 2.35. The van der Waals surface area contributed by atoms with Crippen molar-refractivity contribution in [3.8, 4) is 0 Å².